The van der Waals surface area contributed by atoms with Crippen molar-refractivity contribution in [3.8, 4) is 0 Å². The third-order valence-electron chi connectivity index (χ3n) is 6.82. The van der Waals surface area contributed by atoms with E-state index in [1.54, 1.807) is 18.6 Å². The van der Waals surface area contributed by atoms with Gasteiger partial charge in [0.25, 0.3) is 0 Å². The molecule has 0 spiro atoms. The van der Waals surface area contributed by atoms with Crippen LogP contribution in [0, 0.1) is 22.7 Å². The molecule has 0 radical (unpaired) electrons. The Morgan fingerprint density at radius 1 is 1.36 bits per heavy atom. The van der Waals surface area contributed by atoms with Gasteiger partial charge < -0.3 is 19.4 Å². The SMILES string of the molecule is C[C@]12C[C@@H](c3ccoc3)O[C@@H](O)[C@@H]1CC[C@@]1(C)C(C(=O)O)=CC=C[C@H]21. The lowest BCUT2D eigenvalue weighted by atomic mass is 9.47. The Morgan fingerprint density at radius 3 is 2.84 bits per heavy atom. The maximum absolute atomic E-state index is 11.8. The van der Waals surface area contributed by atoms with Crippen molar-refractivity contribution >= 4 is 5.97 Å². The third-order valence-corrected chi connectivity index (χ3v) is 6.82. The summed E-state index contributed by atoms with van der Waals surface area (Å²) in [5.74, 6) is -0.813. The van der Waals surface area contributed by atoms with Gasteiger partial charge in [0.2, 0.25) is 0 Å². The molecule has 6 atom stereocenters. The molecule has 0 aromatic carbocycles. The van der Waals surface area contributed by atoms with E-state index in [-0.39, 0.29) is 23.4 Å². The molecule has 2 N–H and O–H groups in total. The number of fused-ring (bicyclic) bond motifs is 3. The second-order valence-corrected chi connectivity index (χ2v) is 8.09. The first-order valence-electron chi connectivity index (χ1n) is 8.84. The number of carboxylic acids is 1. The summed E-state index contributed by atoms with van der Waals surface area (Å²) in [5, 5.41) is 20.4. The minimum absolute atomic E-state index is 0.00785. The van der Waals surface area contributed by atoms with Crippen LogP contribution in [0.3, 0.4) is 0 Å². The number of carboxylic acid groups (broad SMARTS) is 1. The van der Waals surface area contributed by atoms with E-state index in [9.17, 15) is 15.0 Å². The third kappa shape index (κ3) is 2.33. The Bertz CT molecular complexity index is 733. The van der Waals surface area contributed by atoms with Gasteiger partial charge in [-0.1, -0.05) is 32.1 Å². The number of ether oxygens (including phenoxy) is 1. The number of hydrogen-bond donors (Lipinski definition) is 2. The molecule has 2 fully saturated rings. The van der Waals surface area contributed by atoms with Crippen LogP contribution >= 0.6 is 0 Å². The van der Waals surface area contributed by atoms with Crippen LogP contribution in [0.1, 0.15) is 44.8 Å². The van der Waals surface area contributed by atoms with E-state index in [2.05, 4.69) is 19.9 Å². The van der Waals surface area contributed by atoms with Crippen LogP contribution in [-0.2, 0) is 9.53 Å². The maximum Gasteiger partial charge on any atom is 0.332 e. The smallest absolute Gasteiger partial charge is 0.332 e. The molecule has 25 heavy (non-hydrogen) atoms. The highest BCUT2D eigenvalue weighted by atomic mass is 16.6. The van der Waals surface area contributed by atoms with E-state index >= 15 is 0 Å². The van der Waals surface area contributed by atoms with Gasteiger partial charge in [-0.15, -0.1) is 0 Å². The van der Waals surface area contributed by atoms with E-state index in [4.69, 9.17) is 9.15 Å². The molecule has 5 heteroatoms. The number of rotatable bonds is 2. The fourth-order valence-electron chi connectivity index (χ4n) is 5.51. The van der Waals surface area contributed by atoms with Crippen molar-refractivity contribution in [3.63, 3.8) is 0 Å². The summed E-state index contributed by atoms with van der Waals surface area (Å²) >= 11 is 0. The molecule has 2 aliphatic carbocycles. The van der Waals surface area contributed by atoms with Crippen LogP contribution in [0.4, 0.5) is 0 Å². The van der Waals surface area contributed by atoms with Crippen molar-refractivity contribution in [2.45, 2.75) is 45.5 Å². The molecule has 0 bridgehead atoms. The summed E-state index contributed by atoms with van der Waals surface area (Å²) in [6.45, 7) is 4.23. The predicted octanol–water partition coefficient (Wildman–Crippen LogP) is 3.68. The van der Waals surface area contributed by atoms with Gasteiger partial charge in [-0.3, -0.25) is 0 Å². The average Bonchev–Trinajstić information content (AvgIpc) is 3.07. The summed E-state index contributed by atoms with van der Waals surface area (Å²) in [4.78, 5) is 11.8. The van der Waals surface area contributed by atoms with Crippen molar-refractivity contribution in [3.05, 3.63) is 48.0 Å². The Balaban J connectivity index is 1.74. The van der Waals surface area contributed by atoms with Crippen molar-refractivity contribution in [1.29, 1.82) is 0 Å². The molecule has 1 saturated heterocycles. The summed E-state index contributed by atoms with van der Waals surface area (Å²) in [6.07, 6.45) is 10.1. The number of aliphatic carboxylic acids is 1. The summed E-state index contributed by atoms with van der Waals surface area (Å²) < 4.78 is 11.1. The van der Waals surface area contributed by atoms with Crippen molar-refractivity contribution in [1.82, 2.24) is 0 Å². The van der Waals surface area contributed by atoms with Crippen molar-refractivity contribution in [2.75, 3.05) is 0 Å². The van der Waals surface area contributed by atoms with Crippen molar-refractivity contribution < 1.29 is 24.2 Å². The molecule has 0 amide bonds. The fraction of sp³-hybridized carbons (Fsp3) is 0.550. The highest BCUT2D eigenvalue weighted by Gasteiger charge is 2.60. The number of carbonyl (C=O) groups is 1. The molecule has 1 aliphatic heterocycles. The number of aliphatic hydroxyl groups excluding tert-OH is 1. The van der Waals surface area contributed by atoms with Gasteiger partial charge in [-0.25, -0.2) is 4.79 Å². The number of allylic oxidation sites excluding steroid dienone is 3. The minimum Gasteiger partial charge on any atom is -0.478 e. The highest BCUT2D eigenvalue weighted by Crippen LogP contribution is 2.64. The van der Waals surface area contributed by atoms with Crippen LogP contribution in [0.15, 0.2) is 46.8 Å². The van der Waals surface area contributed by atoms with E-state index in [1.165, 1.54) is 0 Å². The largest absolute Gasteiger partial charge is 0.478 e. The molecule has 0 unspecified atom stereocenters. The van der Waals surface area contributed by atoms with Gasteiger partial charge in [-0.2, -0.15) is 0 Å². The number of aliphatic hydroxyl groups is 1. The van der Waals surface area contributed by atoms with Crippen LogP contribution in [0.2, 0.25) is 0 Å². The Hall–Kier alpha value is -1.85. The highest BCUT2D eigenvalue weighted by molar-refractivity contribution is 5.89. The lowest BCUT2D eigenvalue weighted by molar-refractivity contribution is -0.261. The molecular weight excluding hydrogens is 320 g/mol. The maximum atomic E-state index is 11.8. The molecular formula is C20H24O5. The van der Waals surface area contributed by atoms with Crippen LogP contribution in [-0.4, -0.2) is 22.5 Å². The minimum atomic E-state index is -0.851. The molecule has 5 nitrogen and oxygen atoms in total. The molecule has 134 valence electrons. The summed E-state index contributed by atoms with van der Waals surface area (Å²) in [6, 6.07) is 1.86. The first kappa shape index (κ1) is 16.6. The second-order valence-electron chi connectivity index (χ2n) is 8.09. The first-order chi connectivity index (χ1) is 11.9. The normalized spacial score (nSPS) is 43.1. The standard InChI is InChI=1S/C20H24O5/c1-19-8-6-14-18(23)25-15(12-7-9-24-11-12)10-20(14,2)16(19)5-3-4-13(19)17(21)22/h3-5,7,9,11,14-16,18,23H,6,8,10H2,1-2H3,(H,21,22)/t14-,15-,16-,18+,19-,20-/m0/s1. The fourth-order valence-corrected chi connectivity index (χ4v) is 5.51. The molecule has 2 heterocycles. The van der Waals surface area contributed by atoms with Gasteiger partial charge in [0.05, 0.1) is 18.6 Å². The monoisotopic (exact) mass is 344 g/mol. The molecule has 4 rings (SSSR count). The Morgan fingerprint density at radius 2 is 2.16 bits per heavy atom. The van der Waals surface area contributed by atoms with Crippen LogP contribution in [0.25, 0.3) is 0 Å². The van der Waals surface area contributed by atoms with Crippen LogP contribution < -0.4 is 0 Å². The van der Waals surface area contributed by atoms with Gasteiger partial charge in [0.1, 0.15) is 0 Å². The van der Waals surface area contributed by atoms with Gasteiger partial charge in [-0.05, 0) is 36.7 Å². The average molecular weight is 344 g/mol. The molecule has 3 aliphatic rings. The second kappa shape index (κ2) is 5.58. The van der Waals surface area contributed by atoms with E-state index in [0.29, 0.717) is 5.57 Å². The first-order valence-corrected chi connectivity index (χ1v) is 8.84. The summed E-state index contributed by atoms with van der Waals surface area (Å²) in [5.41, 5.74) is 0.711. The molecule has 1 saturated carbocycles. The lowest BCUT2D eigenvalue weighted by Crippen LogP contribution is -2.56. The van der Waals surface area contributed by atoms with E-state index in [1.807, 2.05) is 12.1 Å². The zero-order valence-corrected chi connectivity index (χ0v) is 14.5. The Kier molecular flexibility index (Phi) is 3.71. The van der Waals surface area contributed by atoms with E-state index in [0.717, 1.165) is 24.8 Å². The van der Waals surface area contributed by atoms with Gasteiger partial charge in [0.15, 0.2) is 6.29 Å². The lowest BCUT2D eigenvalue weighted by Gasteiger charge is -2.60. The number of furan rings is 1. The predicted molar refractivity (Wildman–Crippen MR) is 90.4 cm³/mol. The summed E-state index contributed by atoms with van der Waals surface area (Å²) in [7, 11) is 0. The van der Waals surface area contributed by atoms with Gasteiger partial charge in [0, 0.05) is 22.5 Å². The van der Waals surface area contributed by atoms with E-state index < -0.39 is 17.7 Å². The zero-order valence-electron chi connectivity index (χ0n) is 14.5. The van der Waals surface area contributed by atoms with Gasteiger partial charge >= 0.3 is 5.97 Å². The zero-order chi connectivity index (χ0) is 17.8. The Labute approximate surface area is 147 Å². The topological polar surface area (TPSA) is 79.9 Å². The number of hydrogen-bond acceptors (Lipinski definition) is 4. The van der Waals surface area contributed by atoms with Crippen LogP contribution in [0.5, 0.6) is 0 Å². The van der Waals surface area contributed by atoms with Crippen molar-refractivity contribution in [2.24, 2.45) is 22.7 Å². The molecule has 1 aromatic rings. The molecule has 1 aromatic heterocycles. The quantitative estimate of drug-likeness (QED) is 0.855.